The van der Waals surface area contributed by atoms with E-state index in [1.54, 1.807) is 0 Å². The van der Waals surface area contributed by atoms with Gasteiger partial charge < -0.3 is 9.80 Å². The quantitative estimate of drug-likeness (QED) is 0.768. The zero-order valence-corrected chi connectivity index (χ0v) is 10.6. The van der Waals surface area contributed by atoms with Crippen LogP contribution in [0.3, 0.4) is 0 Å². The van der Waals surface area contributed by atoms with E-state index in [0.29, 0.717) is 0 Å². The molecule has 1 aliphatic rings. The van der Waals surface area contributed by atoms with Crippen molar-refractivity contribution in [2.24, 2.45) is 0 Å². The largest absolute Gasteiger partial charge is 0.378 e. The second-order valence-electron chi connectivity index (χ2n) is 5.04. The van der Waals surface area contributed by atoms with Crippen molar-refractivity contribution in [1.82, 2.24) is 4.90 Å². The molecule has 2 rings (SSSR count). The molecule has 0 N–H and O–H groups in total. The Morgan fingerprint density at radius 1 is 1.25 bits per heavy atom. The van der Waals surface area contributed by atoms with E-state index in [1.165, 1.54) is 37.1 Å². The first-order valence-corrected chi connectivity index (χ1v) is 6.13. The third-order valence-electron chi connectivity index (χ3n) is 3.60. The van der Waals surface area contributed by atoms with E-state index in [0.717, 1.165) is 6.04 Å². The number of benzene rings is 1. The van der Waals surface area contributed by atoms with Gasteiger partial charge in [-0.3, -0.25) is 0 Å². The van der Waals surface area contributed by atoms with Crippen molar-refractivity contribution in [1.29, 1.82) is 0 Å². The lowest BCUT2D eigenvalue weighted by molar-refractivity contribution is 0.309. The molecule has 0 aromatic heterocycles. The number of likely N-dealkylation sites (tertiary alicyclic amines) is 1. The van der Waals surface area contributed by atoms with Crippen LogP contribution in [0.4, 0.5) is 5.69 Å². The number of anilines is 1. The standard InChI is InChI=1S/C14H22N2/c1-15(2)13-8-6-12(7-9-13)11-14-5-4-10-16(14)3/h6-9,14H,4-5,10-11H2,1-3H3/t14-/m0/s1. The molecule has 0 bridgehead atoms. The van der Waals surface area contributed by atoms with Gasteiger partial charge in [0.2, 0.25) is 0 Å². The van der Waals surface area contributed by atoms with Crippen LogP contribution in [0.5, 0.6) is 0 Å². The van der Waals surface area contributed by atoms with Gasteiger partial charge in [-0.2, -0.15) is 0 Å². The SMILES string of the molecule is CN(C)c1ccc(C[C@@H]2CCCN2C)cc1. The Balaban J connectivity index is 1.99. The molecule has 16 heavy (non-hydrogen) atoms. The first kappa shape index (κ1) is 11.5. The normalized spacial score (nSPS) is 21.3. The van der Waals surface area contributed by atoms with E-state index in [2.05, 4.69) is 55.2 Å². The molecule has 1 heterocycles. The van der Waals surface area contributed by atoms with Gasteiger partial charge in [-0.1, -0.05) is 12.1 Å². The van der Waals surface area contributed by atoms with Crippen LogP contribution in [0, 0.1) is 0 Å². The topological polar surface area (TPSA) is 6.48 Å². The number of hydrogen-bond donors (Lipinski definition) is 0. The van der Waals surface area contributed by atoms with Crippen molar-refractivity contribution in [3.05, 3.63) is 29.8 Å². The molecule has 0 saturated carbocycles. The Labute approximate surface area is 98.9 Å². The average molecular weight is 218 g/mol. The fourth-order valence-corrected chi connectivity index (χ4v) is 2.44. The Hall–Kier alpha value is -1.02. The summed E-state index contributed by atoms with van der Waals surface area (Å²) < 4.78 is 0. The summed E-state index contributed by atoms with van der Waals surface area (Å²) in [6.45, 7) is 1.26. The Morgan fingerprint density at radius 3 is 2.44 bits per heavy atom. The second kappa shape index (κ2) is 4.88. The predicted octanol–water partition coefficient (Wildman–Crippen LogP) is 2.39. The lowest BCUT2D eigenvalue weighted by Gasteiger charge is -2.20. The number of hydrogen-bond acceptors (Lipinski definition) is 2. The van der Waals surface area contributed by atoms with Gasteiger partial charge in [0.15, 0.2) is 0 Å². The molecule has 2 nitrogen and oxygen atoms in total. The summed E-state index contributed by atoms with van der Waals surface area (Å²) in [5, 5.41) is 0. The Morgan fingerprint density at radius 2 is 1.94 bits per heavy atom. The third-order valence-corrected chi connectivity index (χ3v) is 3.60. The van der Waals surface area contributed by atoms with Crippen LogP contribution in [-0.2, 0) is 6.42 Å². The molecule has 1 aromatic carbocycles. The lowest BCUT2D eigenvalue weighted by Crippen LogP contribution is -2.26. The third kappa shape index (κ3) is 2.56. The first-order valence-electron chi connectivity index (χ1n) is 6.13. The highest BCUT2D eigenvalue weighted by atomic mass is 15.1. The van der Waals surface area contributed by atoms with Crippen LogP contribution in [0.15, 0.2) is 24.3 Å². The molecule has 0 amide bonds. The minimum Gasteiger partial charge on any atom is -0.378 e. The van der Waals surface area contributed by atoms with Crippen LogP contribution in [-0.4, -0.2) is 38.6 Å². The highest BCUT2D eigenvalue weighted by molar-refractivity contribution is 5.46. The van der Waals surface area contributed by atoms with Gasteiger partial charge in [-0.05, 0) is 50.6 Å². The van der Waals surface area contributed by atoms with Gasteiger partial charge >= 0.3 is 0 Å². The van der Waals surface area contributed by atoms with E-state index in [9.17, 15) is 0 Å². The zero-order valence-electron chi connectivity index (χ0n) is 10.6. The van der Waals surface area contributed by atoms with Crippen molar-refractivity contribution in [3.63, 3.8) is 0 Å². The highest BCUT2D eigenvalue weighted by Crippen LogP contribution is 2.20. The summed E-state index contributed by atoms with van der Waals surface area (Å²) in [5.41, 5.74) is 2.74. The molecular weight excluding hydrogens is 196 g/mol. The fraction of sp³-hybridized carbons (Fsp3) is 0.571. The Bertz CT molecular complexity index is 329. The summed E-state index contributed by atoms with van der Waals surface area (Å²) in [5.74, 6) is 0. The fourth-order valence-electron chi connectivity index (χ4n) is 2.44. The molecule has 0 unspecified atom stereocenters. The van der Waals surface area contributed by atoms with E-state index in [1.807, 2.05) is 0 Å². The molecular formula is C14H22N2. The van der Waals surface area contributed by atoms with E-state index in [4.69, 9.17) is 0 Å². The van der Waals surface area contributed by atoms with Gasteiger partial charge in [0.25, 0.3) is 0 Å². The molecule has 0 aliphatic carbocycles. The molecule has 88 valence electrons. The molecule has 1 fully saturated rings. The van der Waals surface area contributed by atoms with Crippen LogP contribution in [0.25, 0.3) is 0 Å². The maximum absolute atomic E-state index is 2.49. The van der Waals surface area contributed by atoms with Crippen LogP contribution >= 0.6 is 0 Å². The lowest BCUT2D eigenvalue weighted by atomic mass is 10.0. The highest BCUT2D eigenvalue weighted by Gasteiger charge is 2.20. The summed E-state index contributed by atoms with van der Waals surface area (Å²) in [6.07, 6.45) is 3.91. The number of likely N-dealkylation sites (N-methyl/N-ethyl adjacent to an activating group) is 1. The van der Waals surface area contributed by atoms with Crippen LogP contribution in [0.1, 0.15) is 18.4 Å². The van der Waals surface area contributed by atoms with Crippen molar-refractivity contribution in [3.8, 4) is 0 Å². The maximum atomic E-state index is 2.49. The number of nitrogens with zero attached hydrogens (tertiary/aromatic N) is 2. The van der Waals surface area contributed by atoms with Gasteiger partial charge in [-0.25, -0.2) is 0 Å². The average Bonchev–Trinajstić information content (AvgIpc) is 2.65. The smallest absolute Gasteiger partial charge is 0.0361 e. The van der Waals surface area contributed by atoms with Gasteiger partial charge in [0.1, 0.15) is 0 Å². The van der Waals surface area contributed by atoms with Crippen molar-refractivity contribution in [2.75, 3.05) is 32.6 Å². The van der Waals surface area contributed by atoms with Crippen LogP contribution in [0.2, 0.25) is 0 Å². The van der Waals surface area contributed by atoms with E-state index in [-0.39, 0.29) is 0 Å². The Kier molecular flexibility index (Phi) is 3.49. The minimum absolute atomic E-state index is 0.755. The maximum Gasteiger partial charge on any atom is 0.0361 e. The second-order valence-corrected chi connectivity index (χ2v) is 5.04. The molecule has 2 heteroatoms. The molecule has 0 radical (unpaired) electrons. The molecule has 1 atom stereocenters. The van der Waals surface area contributed by atoms with Gasteiger partial charge in [0.05, 0.1) is 0 Å². The van der Waals surface area contributed by atoms with Crippen LogP contribution < -0.4 is 4.90 Å². The minimum atomic E-state index is 0.755. The summed E-state index contributed by atoms with van der Waals surface area (Å²) in [6, 6.07) is 9.71. The van der Waals surface area contributed by atoms with E-state index < -0.39 is 0 Å². The van der Waals surface area contributed by atoms with Crippen molar-refractivity contribution >= 4 is 5.69 Å². The summed E-state index contributed by atoms with van der Waals surface area (Å²) in [4.78, 5) is 4.63. The van der Waals surface area contributed by atoms with Crippen molar-refractivity contribution in [2.45, 2.75) is 25.3 Å². The molecule has 0 spiro atoms. The van der Waals surface area contributed by atoms with Gasteiger partial charge in [-0.15, -0.1) is 0 Å². The number of rotatable bonds is 3. The summed E-state index contributed by atoms with van der Waals surface area (Å²) >= 11 is 0. The molecule has 1 saturated heterocycles. The monoisotopic (exact) mass is 218 g/mol. The predicted molar refractivity (Wildman–Crippen MR) is 70.1 cm³/mol. The van der Waals surface area contributed by atoms with Gasteiger partial charge in [0, 0.05) is 25.8 Å². The molecule has 1 aromatic rings. The molecule has 1 aliphatic heterocycles. The van der Waals surface area contributed by atoms with E-state index >= 15 is 0 Å². The van der Waals surface area contributed by atoms with Crippen molar-refractivity contribution < 1.29 is 0 Å². The zero-order chi connectivity index (χ0) is 11.5. The first-order chi connectivity index (χ1) is 7.66. The summed E-state index contributed by atoms with van der Waals surface area (Å²) in [7, 11) is 6.41.